The van der Waals surface area contributed by atoms with E-state index in [4.69, 9.17) is 4.74 Å². The third-order valence-electron chi connectivity index (χ3n) is 5.67. The molecule has 0 atom stereocenters. The molecule has 0 aliphatic carbocycles. The number of Topliss-reactive ketones (excluding diaryl/α,β-unsaturated/α-hetero) is 1. The first-order valence-corrected chi connectivity index (χ1v) is 10.5. The second-order valence-corrected chi connectivity index (χ2v) is 7.77. The number of aromatic nitrogens is 1. The minimum atomic E-state index is -0.378. The fraction of sp³-hybridized carbons (Fsp3) is 0.375. The molecule has 2 amide bonds. The highest BCUT2D eigenvalue weighted by Gasteiger charge is 2.29. The van der Waals surface area contributed by atoms with Gasteiger partial charge in [-0.2, -0.15) is 0 Å². The van der Waals surface area contributed by atoms with Crippen molar-refractivity contribution in [1.82, 2.24) is 9.47 Å². The topological polar surface area (TPSA) is 80.6 Å². The van der Waals surface area contributed by atoms with Crippen molar-refractivity contribution in [2.45, 2.75) is 33.2 Å². The lowest BCUT2D eigenvalue weighted by Crippen LogP contribution is -2.42. The maximum Gasteiger partial charge on any atom is 0.321 e. The van der Waals surface area contributed by atoms with Crippen molar-refractivity contribution in [3.05, 3.63) is 66.0 Å². The van der Waals surface area contributed by atoms with E-state index in [0.717, 1.165) is 17.1 Å². The third kappa shape index (κ3) is 5.42. The van der Waals surface area contributed by atoms with Crippen LogP contribution in [-0.4, -0.2) is 46.9 Å². The molecule has 1 aromatic heterocycles. The van der Waals surface area contributed by atoms with E-state index in [0.29, 0.717) is 38.0 Å². The predicted octanol–water partition coefficient (Wildman–Crippen LogP) is 3.96. The number of carbonyl (C=O) groups is 3. The summed E-state index contributed by atoms with van der Waals surface area (Å²) in [6.07, 6.45) is 2.81. The summed E-state index contributed by atoms with van der Waals surface area (Å²) >= 11 is 0. The summed E-state index contributed by atoms with van der Waals surface area (Å²) in [6, 6.07) is 10.9. The molecule has 0 bridgehead atoms. The Morgan fingerprint density at radius 1 is 1.16 bits per heavy atom. The number of hydrogen-bond donors (Lipinski definition) is 1. The van der Waals surface area contributed by atoms with Crippen LogP contribution < -0.4 is 5.32 Å². The zero-order chi connectivity index (χ0) is 22.4. The quantitative estimate of drug-likeness (QED) is 0.415. The summed E-state index contributed by atoms with van der Waals surface area (Å²) in [5.41, 5.74) is 3.11. The average Bonchev–Trinajstić information content (AvgIpc) is 3.06. The van der Waals surface area contributed by atoms with Crippen LogP contribution in [0.1, 0.15) is 34.6 Å². The highest BCUT2D eigenvalue weighted by molar-refractivity contribution is 5.99. The molecule has 1 aliphatic heterocycles. The Labute approximate surface area is 182 Å². The van der Waals surface area contributed by atoms with Gasteiger partial charge in [0.05, 0.1) is 5.92 Å². The molecule has 1 aliphatic rings. The van der Waals surface area contributed by atoms with Gasteiger partial charge in [-0.05, 0) is 44.9 Å². The van der Waals surface area contributed by atoms with Crippen LogP contribution in [0.15, 0.2) is 49.1 Å². The van der Waals surface area contributed by atoms with Crippen LogP contribution >= 0.6 is 0 Å². The van der Waals surface area contributed by atoms with Gasteiger partial charge in [0.25, 0.3) is 0 Å². The lowest BCUT2D eigenvalue weighted by Gasteiger charge is -2.30. The van der Waals surface area contributed by atoms with Crippen LogP contribution in [0.2, 0.25) is 0 Å². The third-order valence-corrected chi connectivity index (χ3v) is 5.67. The first-order chi connectivity index (χ1) is 14.9. The van der Waals surface area contributed by atoms with Crippen LogP contribution in [-0.2, 0) is 16.1 Å². The van der Waals surface area contributed by atoms with Gasteiger partial charge in [0.1, 0.15) is 0 Å². The minimum absolute atomic E-state index is 0.178. The highest BCUT2D eigenvalue weighted by Crippen LogP contribution is 2.21. The molecule has 0 unspecified atom stereocenters. The smallest absolute Gasteiger partial charge is 0.321 e. The Morgan fingerprint density at radius 3 is 2.48 bits per heavy atom. The van der Waals surface area contributed by atoms with E-state index >= 15 is 0 Å². The van der Waals surface area contributed by atoms with Gasteiger partial charge in [0.15, 0.2) is 6.61 Å². The second-order valence-electron chi connectivity index (χ2n) is 7.77. The number of nitrogens with one attached hydrogen (secondary N) is 1. The number of urea groups is 1. The zero-order valence-corrected chi connectivity index (χ0v) is 18.1. The number of likely N-dealkylation sites (tertiary alicyclic amines) is 1. The molecule has 1 N–H and O–H groups in total. The molecular weight excluding hydrogens is 394 g/mol. The fourth-order valence-corrected chi connectivity index (χ4v) is 3.87. The average molecular weight is 424 g/mol. The van der Waals surface area contributed by atoms with Gasteiger partial charge in [-0.3, -0.25) is 9.59 Å². The van der Waals surface area contributed by atoms with Crippen LogP contribution in [0.4, 0.5) is 10.5 Å². The number of ether oxygens (including phenoxy) is 1. The number of benzene rings is 1. The number of amides is 2. The number of hydrogen-bond acceptors (Lipinski definition) is 4. The summed E-state index contributed by atoms with van der Waals surface area (Å²) < 4.78 is 7.31. The lowest BCUT2D eigenvalue weighted by molar-refractivity contribution is -0.148. The number of nitrogens with zero attached hydrogens (tertiary/aromatic N) is 2. The molecule has 0 spiro atoms. The second kappa shape index (κ2) is 10.1. The molecule has 0 radical (unpaired) electrons. The van der Waals surface area contributed by atoms with Gasteiger partial charge in [-0.15, -0.1) is 6.58 Å². The van der Waals surface area contributed by atoms with Crippen molar-refractivity contribution in [1.29, 1.82) is 0 Å². The number of rotatable bonds is 7. The Hall–Kier alpha value is -3.35. The first kappa shape index (κ1) is 22.3. The normalized spacial score (nSPS) is 14.2. The molecule has 0 saturated carbocycles. The first-order valence-electron chi connectivity index (χ1n) is 10.5. The largest absolute Gasteiger partial charge is 0.457 e. The monoisotopic (exact) mass is 423 g/mol. The van der Waals surface area contributed by atoms with Crippen molar-refractivity contribution in [3.63, 3.8) is 0 Å². The van der Waals surface area contributed by atoms with Crippen molar-refractivity contribution in [3.8, 4) is 0 Å². The van der Waals surface area contributed by atoms with Crippen LogP contribution in [0, 0.1) is 19.8 Å². The molecule has 1 saturated heterocycles. The molecule has 1 aromatic carbocycles. The summed E-state index contributed by atoms with van der Waals surface area (Å²) in [6.45, 7) is 8.83. The van der Waals surface area contributed by atoms with E-state index in [9.17, 15) is 14.4 Å². The summed E-state index contributed by atoms with van der Waals surface area (Å²) in [5, 5.41) is 2.85. The zero-order valence-electron chi connectivity index (χ0n) is 18.1. The maximum atomic E-state index is 12.6. The van der Waals surface area contributed by atoms with Crippen LogP contribution in [0.3, 0.4) is 0 Å². The Morgan fingerprint density at radius 2 is 1.84 bits per heavy atom. The Kier molecular flexibility index (Phi) is 7.28. The SMILES string of the molecule is C=CCn1c(C)cc(C(=O)COC(=O)C2CCN(C(=O)Nc3ccccc3)CC2)c1C. The number of ketones is 1. The molecule has 7 nitrogen and oxygen atoms in total. The summed E-state index contributed by atoms with van der Waals surface area (Å²) in [5.74, 6) is -0.894. The number of para-hydroxylation sites is 1. The summed E-state index contributed by atoms with van der Waals surface area (Å²) in [4.78, 5) is 39.1. The van der Waals surface area contributed by atoms with E-state index in [1.807, 2.05) is 54.8 Å². The molecule has 2 heterocycles. The number of aryl methyl sites for hydroxylation is 1. The molecule has 31 heavy (non-hydrogen) atoms. The van der Waals surface area contributed by atoms with Crippen LogP contribution in [0.25, 0.3) is 0 Å². The standard InChI is InChI=1S/C24H29N3O4/c1-4-12-27-17(2)15-21(18(27)3)22(28)16-31-23(29)19-10-13-26(14-11-19)24(30)25-20-8-6-5-7-9-20/h4-9,15,19H,1,10-14,16H2,2-3H3,(H,25,30). The fourth-order valence-electron chi connectivity index (χ4n) is 3.87. The molecule has 3 rings (SSSR count). The number of piperidine rings is 1. The van der Waals surface area contributed by atoms with Gasteiger partial charge in [-0.1, -0.05) is 24.3 Å². The molecule has 7 heteroatoms. The van der Waals surface area contributed by atoms with E-state index in [2.05, 4.69) is 11.9 Å². The summed E-state index contributed by atoms with van der Waals surface area (Å²) in [7, 11) is 0. The number of carbonyl (C=O) groups excluding carboxylic acids is 3. The number of esters is 1. The highest BCUT2D eigenvalue weighted by atomic mass is 16.5. The van der Waals surface area contributed by atoms with Crippen LogP contribution in [0.5, 0.6) is 0 Å². The van der Waals surface area contributed by atoms with Gasteiger partial charge in [0.2, 0.25) is 5.78 Å². The maximum absolute atomic E-state index is 12.6. The minimum Gasteiger partial charge on any atom is -0.457 e. The Balaban J connectivity index is 1.47. The number of anilines is 1. The van der Waals surface area contributed by atoms with E-state index < -0.39 is 0 Å². The lowest BCUT2D eigenvalue weighted by atomic mass is 9.97. The Bertz CT molecular complexity index is 957. The molecular formula is C24H29N3O4. The van der Waals surface area contributed by atoms with E-state index in [1.54, 1.807) is 11.0 Å². The van der Waals surface area contributed by atoms with Crippen molar-refractivity contribution in [2.24, 2.45) is 5.92 Å². The van der Waals surface area contributed by atoms with Crippen molar-refractivity contribution in [2.75, 3.05) is 25.0 Å². The molecule has 1 fully saturated rings. The van der Waals surface area contributed by atoms with Crippen molar-refractivity contribution >= 4 is 23.5 Å². The molecule has 164 valence electrons. The van der Waals surface area contributed by atoms with Gasteiger partial charge >= 0.3 is 12.0 Å². The number of allylic oxidation sites excluding steroid dienone is 1. The van der Waals surface area contributed by atoms with Gasteiger partial charge in [-0.25, -0.2) is 4.79 Å². The van der Waals surface area contributed by atoms with E-state index in [1.165, 1.54) is 0 Å². The van der Waals surface area contributed by atoms with Gasteiger partial charge in [0, 0.05) is 42.3 Å². The van der Waals surface area contributed by atoms with Crippen molar-refractivity contribution < 1.29 is 19.1 Å². The van der Waals surface area contributed by atoms with Gasteiger partial charge < -0.3 is 19.5 Å². The van der Waals surface area contributed by atoms with E-state index in [-0.39, 0.29) is 30.3 Å². The predicted molar refractivity (Wildman–Crippen MR) is 119 cm³/mol. The molecule has 2 aromatic rings.